The number of ether oxygens (including phenoxy) is 2. The Morgan fingerprint density at radius 1 is 1.12 bits per heavy atom. The number of hydrogen-bond acceptors (Lipinski definition) is 10. The minimum absolute atomic E-state index is 0.0315. The number of aliphatic hydroxyl groups is 2. The highest BCUT2D eigenvalue weighted by Gasteiger charge is 2.68. The van der Waals surface area contributed by atoms with Crippen LogP contribution in [-0.2, 0) is 14.3 Å². The molecule has 4 fully saturated rings. The van der Waals surface area contributed by atoms with Gasteiger partial charge in [0.15, 0.2) is 18.1 Å². The standard InChI is InChI=1S/C40H49N3O8/c1-22-16-27-34-36(33(22)42-14-12-41(5)13-15-42)50-20-23(2)43(34)19-28(35(27)47)37(48)51-21-31(46)40(49)11-9-29-26-7-6-24-17-25(44)8-10-38(24,3)32(26)30(45)18-39(29,40)4/h8,10,16-17,19,23,26,29-30,32,45,49H,6-7,9,11-15,18,20-21H2,1-5H3/t23-,26?,29?,30-,32?,38-,39-,40-/m0/s1. The number of nitrogens with zero attached hydrogens (tertiary/aromatic N) is 3. The quantitative estimate of drug-likeness (QED) is 0.444. The van der Waals surface area contributed by atoms with Crippen LogP contribution in [0.15, 0.2) is 40.9 Å². The molecule has 3 unspecified atom stereocenters. The lowest BCUT2D eigenvalue weighted by molar-refractivity contribution is -0.178. The van der Waals surface area contributed by atoms with Crippen LogP contribution in [0.3, 0.4) is 0 Å². The summed E-state index contributed by atoms with van der Waals surface area (Å²) in [6.45, 7) is 11.1. The van der Waals surface area contributed by atoms with Gasteiger partial charge in [0, 0.05) is 49.1 Å². The smallest absolute Gasteiger partial charge is 0.344 e. The van der Waals surface area contributed by atoms with Crippen molar-refractivity contribution in [3.8, 4) is 5.75 Å². The molecule has 4 aliphatic carbocycles. The first-order valence-corrected chi connectivity index (χ1v) is 18.5. The summed E-state index contributed by atoms with van der Waals surface area (Å²) in [5.74, 6) is -1.02. The number of aromatic nitrogens is 1. The zero-order chi connectivity index (χ0) is 36.2. The average molecular weight is 700 g/mol. The van der Waals surface area contributed by atoms with E-state index < -0.39 is 46.3 Å². The van der Waals surface area contributed by atoms with Gasteiger partial charge in [0.2, 0.25) is 11.2 Å². The Kier molecular flexibility index (Phi) is 7.98. The number of anilines is 1. The zero-order valence-corrected chi connectivity index (χ0v) is 30.2. The number of allylic oxidation sites excluding steroid dienone is 4. The molecule has 8 rings (SSSR count). The van der Waals surface area contributed by atoms with E-state index in [2.05, 4.69) is 23.8 Å². The van der Waals surface area contributed by atoms with E-state index in [9.17, 15) is 29.4 Å². The lowest BCUT2D eigenvalue weighted by atomic mass is 9.46. The number of hydrogen-bond donors (Lipinski definition) is 2. The van der Waals surface area contributed by atoms with Crippen LogP contribution in [0, 0.1) is 35.5 Å². The first-order valence-electron chi connectivity index (χ1n) is 18.5. The molecular weight excluding hydrogens is 650 g/mol. The molecule has 11 heteroatoms. The second-order valence-corrected chi connectivity index (χ2v) is 16.6. The van der Waals surface area contributed by atoms with E-state index in [4.69, 9.17) is 9.47 Å². The Balaban J connectivity index is 1.04. The van der Waals surface area contributed by atoms with Gasteiger partial charge < -0.3 is 34.1 Å². The molecule has 272 valence electrons. The SMILES string of the molecule is Cc1cc2c(=O)c(C(=O)OCC(=O)[C@@]3(O)CCC4C5CCC6=CC(=O)C=C[C@]6(C)C5[C@@H](O)C[C@@]43C)cn3c2c(c1N1CCN(C)CC1)OC[C@@H]3C. The van der Waals surface area contributed by atoms with Crippen molar-refractivity contribution in [2.24, 2.45) is 28.6 Å². The normalized spacial score (nSPS) is 35.8. The molecule has 1 saturated heterocycles. The van der Waals surface area contributed by atoms with Crippen LogP contribution >= 0.6 is 0 Å². The maximum absolute atomic E-state index is 14.0. The number of esters is 1. The van der Waals surface area contributed by atoms with Crippen LogP contribution in [0.2, 0.25) is 0 Å². The molecule has 51 heavy (non-hydrogen) atoms. The van der Waals surface area contributed by atoms with Gasteiger partial charge in [-0.1, -0.05) is 25.5 Å². The van der Waals surface area contributed by atoms with Crippen LogP contribution in [0.25, 0.3) is 10.9 Å². The number of carbonyl (C=O) groups is 3. The fourth-order valence-electron chi connectivity index (χ4n) is 11.1. The van der Waals surface area contributed by atoms with Gasteiger partial charge in [-0.2, -0.15) is 0 Å². The maximum Gasteiger partial charge on any atom is 0.344 e. The number of fused-ring (bicyclic) bond motifs is 5. The number of ketones is 2. The van der Waals surface area contributed by atoms with Gasteiger partial charge in [0.25, 0.3) is 0 Å². The highest BCUT2D eigenvalue weighted by Crippen LogP contribution is 2.67. The van der Waals surface area contributed by atoms with E-state index in [0.29, 0.717) is 29.7 Å². The molecule has 1 aromatic heterocycles. The molecule has 0 radical (unpaired) electrons. The van der Waals surface area contributed by atoms with E-state index in [-0.39, 0.29) is 48.0 Å². The number of piperazine rings is 1. The molecule has 8 atom stereocenters. The maximum atomic E-state index is 14.0. The molecule has 0 amide bonds. The van der Waals surface area contributed by atoms with Gasteiger partial charge in [-0.3, -0.25) is 14.4 Å². The molecule has 3 saturated carbocycles. The molecule has 2 N–H and O–H groups in total. The summed E-state index contributed by atoms with van der Waals surface area (Å²) in [5.41, 5.74) is -0.309. The van der Waals surface area contributed by atoms with E-state index >= 15 is 0 Å². The second-order valence-electron chi connectivity index (χ2n) is 16.6. The summed E-state index contributed by atoms with van der Waals surface area (Å²) in [4.78, 5) is 58.3. The minimum atomic E-state index is -1.80. The highest BCUT2D eigenvalue weighted by atomic mass is 16.5. The summed E-state index contributed by atoms with van der Waals surface area (Å²) >= 11 is 0. The lowest BCUT2D eigenvalue weighted by Crippen LogP contribution is -2.61. The zero-order valence-electron chi connectivity index (χ0n) is 30.2. The number of pyridine rings is 1. The number of Topliss-reactive ketones (excluding diaryl/α,β-unsaturated/α-hetero) is 1. The predicted molar refractivity (Wildman–Crippen MR) is 191 cm³/mol. The second kappa shape index (κ2) is 11.9. The Hall–Kier alpha value is -3.80. The van der Waals surface area contributed by atoms with Crippen molar-refractivity contribution in [3.63, 3.8) is 0 Å². The van der Waals surface area contributed by atoms with Crippen LogP contribution in [0.4, 0.5) is 5.69 Å². The third kappa shape index (κ3) is 4.94. The Bertz CT molecular complexity index is 1980. The van der Waals surface area contributed by atoms with E-state index in [1.54, 1.807) is 12.2 Å². The first-order chi connectivity index (χ1) is 24.2. The highest BCUT2D eigenvalue weighted by molar-refractivity contribution is 6.01. The number of rotatable bonds is 5. The Morgan fingerprint density at radius 3 is 2.61 bits per heavy atom. The molecule has 0 bridgehead atoms. The predicted octanol–water partition coefficient (Wildman–Crippen LogP) is 3.75. The van der Waals surface area contributed by atoms with E-state index in [1.807, 2.05) is 37.5 Å². The van der Waals surface area contributed by atoms with Crippen molar-refractivity contribution in [1.29, 1.82) is 0 Å². The van der Waals surface area contributed by atoms with Crippen molar-refractivity contribution in [2.75, 3.05) is 51.3 Å². The van der Waals surface area contributed by atoms with Crippen LogP contribution in [0.1, 0.15) is 74.8 Å². The molecule has 6 aliphatic rings. The van der Waals surface area contributed by atoms with Crippen LogP contribution in [0.5, 0.6) is 5.75 Å². The molecule has 1 aromatic carbocycles. The minimum Gasteiger partial charge on any atom is -0.487 e. The number of benzene rings is 1. The van der Waals surface area contributed by atoms with E-state index in [1.165, 1.54) is 6.20 Å². The molecule has 2 aliphatic heterocycles. The Labute approximate surface area is 297 Å². The van der Waals surface area contributed by atoms with Crippen molar-refractivity contribution in [2.45, 2.75) is 77.5 Å². The van der Waals surface area contributed by atoms with Crippen molar-refractivity contribution >= 4 is 34.1 Å². The molecule has 2 aromatic rings. The van der Waals surface area contributed by atoms with Gasteiger partial charge in [-0.25, -0.2) is 4.79 Å². The number of carbonyl (C=O) groups excluding carboxylic acids is 3. The van der Waals surface area contributed by atoms with Crippen LogP contribution in [-0.4, -0.2) is 95.4 Å². The van der Waals surface area contributed by atoms with Gasteiger partial charge in [0.05, 0.1) is 28.7 Å². The fraction of sp³-hybridized carbons (Fsp3) is 0.600. The van der Waals surface area contributed by atoms with Gasteiger partial charge in [0.1, 0.15) is 17.8 Å². The number of likely N-dealkylation sites (N-methyl/N-ethyl adjacent to an activating group) is 1. The largest absolute Gasteiger partial charge is 0.487 e. The summed E-state index contributed by atoms with van der Waals surface area (Å²) in [6.07, 6.45) is 8.46. The first kappa shape index (κ1) is 34.3. The third-order valence-electron chi connectivity index (χ3n) is 13.9. The molecule has 11 nitrogen and oxygen atoms in total. The summed E-state index contributed by atoms with van der Waals surface area (Å²) < 4.78 is 13.8. The van der Waals surface area contributed by atoms with Crippen molar-refractivity contribution in [1.82, 2.24) is 9.47 Å². The number of aliphatic hydroxyl groups excluding tert-OH is 1. The van der Waals surface area contributed by atoms with Crippen molar-refractivity contribution in [3.05, 3.63) is 57.4 Å². The lowest BCUT2D eigenvalue weighted by Gasteiger charge is -2.59. The summed E-state index contributed by atoms with van der Waals surface area (Å²) in [6, 6.07) is 1.66. The Morgan fingerprint density at radius 2 is 1.86 bits per heavy atom. The van der Waals surface area contributed by atoms with Crippen LogP contribution < -0.4 is 15.1 Å². The topological polar surface area (TPSA) is 139 Å². The molecular formula is C40H49N3O8. The summed E-state index contributed by atoms with van der Waals surface area (Å²) in [7, 11) is 2.10. The monoisotopic (exact) mass is 699 g/mol. The third-order valence-corrected chi connectivity index (χ3v) is 13.9. The van der Waals surface area contributed by atoms with Gasteiger partial charge >= 0.3 is 5.97 Å². The molecule has 0 spiro atoms. The van der Waals surface area contributed by atoms with Gasteiger partial charge in [-0.15, -0.1) is 0 Å². The number of aryl methyl sites for hydroxylation is 1. The van der Waals surface area contributed by atoms with Crippen molar-refractivity contribution < 1.29 is 34.1 Å². The average Bonchev–Trinajstić information content (AvgIpc) is 3.36. The van der Waals surface area contributed by atoms with Gasteiger partial charge in [-0.05, 0) is 88.6 Å². The summed E-state index contributed by atoms with van der Waals surface area (Å²) in [5, 5.41) is 24.2. The fourth-order valence-corrected chi connectivity index (χ4v) is 11.1. The molecule has 3 heterocycles. The van der Waals surface area contributed by atoms with E-state index in [0.717, 1.165) is 55.8 Å².